The number of carbonyl (C=O) groups excluding carboxylic acids is 1. The molecule has 0 radical (unpaired) electrons. The highest BCUT2D eigenvalue weighted by Crippen LogP contribution is 2.14. The van der Waals surface area contributed by atoms with E-state index < -0.39 is 22.1 Å². The second-order valence-corrected chi connectivity index (χ2v) is 4.21. The topological polar surface area (TPSA) is 130 Å². The first kappa shape index (κ1) is 14.5. The van der Waals surface area contributed by atoms with Gasteiger partial charge in [-0.05, 0) is 24.3 Å². The van der Waals surface area contributed by atoms with Crippen LogP contribution in [0, 0.1) is 10.1 Å². The zero-order valence-electron chi connectivity index (χ0n) is 10.3. The van der Waals surface area contributed by atoms with Crippen LogP contribution in [0.5, 0.6) is 0 Å². The van der Waals surface area contributed by atoms with Crippen LogP contribution in [0.3, 0.4) is 0 Å². The van der Waals surface area contributed by atoms with E-state index in [2.05, 4.69) is 20.8 Å². The summed E-state index contributed by atoms with van der Waals surface area (Å²) in [5.74, 6) is -0.936. The molecule has 0 saturated carbocycles. The normalized spacial score (nSPS) is 9.95. The van der Waals surface area contributed by atoms with E-state index >= 15 is 0 Å². The Morgan fingerprint density at radius 2 is 2.00 bits per heavy atom. The quantitative estimate of drug-likeness (QED) is 0.572. The molecule has 1 aromatic heterocycles. The molecule has 1 amide bonds. The van der Waals surface area contributed by atoms with Gasteiger partial charge in [-0.25, -0.2) is 4.98 Å². The molecule has 9 nitrogen and oxygen atoms in total. The number of H-pyrrole nitrogens is 1. The van der Waals surface area contributed by atoms with Gasteiger partial charge in [0, 0.05) is 10.6 Å². The van der Waals surface area contributed by atoms with Gasteiger partial charge in [-0.15, -0.1) is 0 Å². The van der Waals surface area contributed by atoms with Crippen LogP contribution in [0.1, 0.15) is 10.4 Å². The number of carbonyl (C=O) groups is 1. The molecule has 1 aromatic carbocycles. The molecule has 2 aromatic rings. The minimum atomic E-state index is -0.932. The lowest BCUT2D eigenvalue weighted by atomic mass is 10.2. The molecule has 0 unspecified atom stereocenters. The number of amides is 1. The Bertz CT molecular complexity index is 743. The molecule has 3 N–H and O–H groups in total. The van der Waals surface area contributed by atoms with Crippen molar-refractivity contribution in [2.24, 2.45) is 0 Å². The Morgan fingerprint density at radius 3 is 2.62 bits per heavy atom. The lowest BCUT2D eigenvalue weighted by Crippen LogP contribution is -2.31. The summed E-state index contributed by atoms with van der Waals surface area (Å²) >= 11 is 5.69. The standard InChI is InChI=1S/C11H8ClN5O4/c12-7-3-1-6(2-4-7)10(18)16-15-9-8(17(20)21)11(19)14-5-13-9/h1-5H,(H,16,18)(H2,13,14,15,19). The van der Waals surface area contributed by atoms with Gasteiger partial charge in [0.25, 0.3) is 5.91 Å². The molecular weight excluding hydrogens is 302 g/mol. The number of rotatable bonds is 4. The van der Waals surface area contributed by atoms with Crippen molar-refractivity contribution in [2.75, 3.05) is 5.43 Å². The Labute approximate surface area is 122 Å². The molecule has 0 bridgehead atoms. The summed E-state index contributed by atoms with van der Waals surface area (Å²) in [6.45, 7) is 0. The van der Waals surface area contributed by atoms with Crippen LogP contribution in [0.2, 0.25) is 5.02 Å². The van der Waals surface area contributed by atoms with E-state index in [1.807, 2.05) is 0 Å². The van der Waals surface area contributed by atoms with Crippen molar-refractivity contribution >= 4 is 29.0 Å². The third kappa shape index (κ3) is 3.34. The van der Waals surface area contributed by atoms with Crippen molar-refractivity contribution in [3.63, 3.8) is 0 Å². The van der Waals surface area contributed by atoms with Gasteiger partial charge in [0.2, 0.25) is 5.82 Å². The first-order valence-corrected chi connectivity index (χ1v) is 5.91. The number of hydrogen-bond donors (Lipinski definition) is 3. The third-order valence-electron chi connectivity index (χ3n) is 2.41. The van der Waals surface area contributed by atoms with E-state index in [9.17, 15) is 19.7 Å². The van der Waals surface area contributed by atoms with Gasteiger partial charge in [0.05, 0.1) is 11.3 Å². The number of benzene rings is 1. The number of hydrogen-bond acceptors (Lipinski definition) is 6. The van der Waals surface area contributed by atoms with Crippen molar-refractivity contribution in [1.82, 2.24) is 15.4 Å². The summed E-state index contributed by atoms with van der Waals surface area (Å²) in [4.78, 5) is 38.7. The van der Waals surface area contributed by atoms with E-state index in [1.165, 1.54) is 24.3 Å². The van der Waals surface area contributed by atoms with E-state index in [4.69, 9.17) is 11.6 Å². The van der Waals surface area contributed by atoms with E-state index in [0.29, 0.717) is 5.02 Å². The molecule has 0 aliphatic carbocycles. The summed E-state index contributed by atoms with van der Waals surface area (Å²) in [5, 5.41) is 11.2. The number of nitrogens with one attached hydrogen (secondary N) is 3. The highest BCUT2D eigenvalue weighted by atomic mass is 35.5. The summed E-state index contributed by atoms with van der Waals surface area (Å²) in [7, 11) is 0. The molecule has 1 heterocycles. The predicted octanol–water partition coefficient (Wildman–Crippen LogP) is 1.09. The number of nitro groups is 1. The first-order chi connectivity index (χ1) is 9.99. The molecule has 0 fully saturated rings. The maximum atomic E-state index is 11.8. The molecule has 21 heavy (non-hydrogen) atoms. The Morgan fingerprint density at radius 1 is 1.33 bits per heavy atom. The summed E-state index contributed by atoms with van der Waals surface area (Å²) in [5.41, 5.74) is 3.00. The first-order valence-electron chi connectivity index (χ1n) is 5.53. The molecule has 0 aliphatic rings. The van der Waals surface area contributed by atoms with Gasteiger partial charge >= 0.3 is 11.2 Å². The average Bonchev–Trinajstić information content (AvgIpc) is 2.45. The Balaban J connectivity index is 2.15. The van der Waals surface area contributed by atoms with Crippen LogP contribution >= 0.6 is 11.6 Å². The van der Waals surface area contributed by atoms with Crippen molar-refractivity contribution in [3.05, 3.63) is 61.6 Å². The highest BCUT2D eigenvalue weighted by Gasteiger charge is 2.20. The fourth-order valence-electron chi connectivity index (χ4n) is 1.44. The zero-order chi connectivity index (χ0) is 15.4. The second-order valence-electron chi connectivity index (χ2n) is 3.77. The Kier molecular flexibility index (Phi) is 4.14. The summed E-state index contributed by atoms with van der Waals surface area (Å²) in [6.07, 6.45) is 0.978. The predicted molar refractivity (Wildman–Crippen MR) is 74.1 cm³/mol. The highest BCUT2D eigenvalue weighted by molar-refractivity contribution is 6.30. The minimum absolute atomic E-state index is 0.277. The number of aromatic nitrogens is 2. The molecule has 0 spiro atoms. The molecule has 0 saturated heterocycles. The average molecular weight is 310 g/mol. The van der Waals surface area contributed by atoms with Crippen LogP contribution < -0.4 is 16.4 Å². The van der Waals surface area contributed by atoms with Crippen LogP contribution in [0.15, 0.2) is 35.4 Å². The molecular formula is C11H8ClN5O4. The van der Waals surface area contributed by atoms with Crippen LogP contribution in [-0.4, -0.2) is 20.8 Å². The molecule has 2 rings (SSSR count). The van der Waals surface area contributed by atoms with Gasteiger partial charge in [-0.2, -0.15) is 0 Å². The van der Waals surface area contributed by atoms with Crippen molar-refractivity contribution in [3.8, 4) is 0 Å². The van der Waals surface area contributed by atoms with Gasteiger partial charge in [0.15, 0.2) is 0 Å². The van der Waals surface area contributed by atoms with Gasteiger partial charge in [0.1, 0.15) is 0 Å². The zero-order valence-corrected chi connectivity index (χ0v) is 11.0. The maximum absolute atomic E-state index is 11.8. The molecule has 0 aliphatic heterocycles. The maximum Gasteiger partial charge on any atom is 0.377 e. The van der Waals surface area contributed by atoms with E-state index in [0.717, 1.165) is 6.33 Å². The van der Waals surface area contributed by atoms with Gasteiger partial charge in [-0.3, -0.25) is 30.6 Å². The third-order valence-corrected chi connectivity index (χ3v) is 2.66. The summed E-state index contributed by atoms with van der Waals surface area (Å²) < 4.78 is 0. The number of anilines is 1. The summed E-state index contributed by atoms with van der Waals surface area (Å²) in [6, 6.07) is 5.98. The lowest BCUT2D eigenvalue weighted by molar-refractivity contribution is -0.385. The second kappa shape index (κ2) is 6.01. The number of hydrazine groups is 1. The fraction of sp³-hybridized carbons (Fsp3) is 0. The molecule has 10 heteroatoms. The van der Waals surface area contributed by atoms with E-state index in [-0.39, 0.29) is 11.4 Å². The van der Waals surface area contributed by atoms with Crippen LogP contribution in [0.4, 0.5) is 11.5 Å². The van der Waals surface area contributed by atoms with Crippen LogP contribution in [-0.2, 0) is 0 Å². The van der Waals surface area contributed by atoms with E-state index in [1.54, 1.807) is 0 Å². The van der Waals surface area contributed by atoms with Crippen LogP contribution in [0.25, 0.3) is 0 Å². The number of nitrogens with zero attached hydrogens (tertiary/aromatic N) is 2. The molecule has 0 atom stereocenters. The lowest BCUT2D eigenvalue weighted by Gasteiger charge is -2.07. The Hall–Kier alpha value is -2.94. The van der Waals surface area contributed by atoms with Crippen molar-refractivity contribution < 1.29 is 9.72 Å². The monoisotopic (exact) mass is 309 g/mol. The van der Waals surface area contributed by atoms with Crippen molar-refractivity contribution in [1.29, 1.82) is 0 Å². The SMILES string of the molecule is O=C(NNc1nc[nH]c(=O)c1[N+](=O)[O-])c1ccc(Cl)cc1. The fourth-order valence-corrected chi connectivity index (χ4v) is 1.57. The molecule has 108 valence electrons. The number of aromatic amines is 1. The minimum Gasteiger partial charge on any atom is -0.307 e. The largest absolute Gasteiger partial charge is 0.377 e. The van der Waals surface area contributed by atoms with Gasteiger partial charge in [-0.1, -0.05) is 11.6 Å². The number of halogens is 1. The smallest absolute Gasteiger partial charge is 0.307 e. The van der Waals surface area contributed by atoms with Crippen molar-refractivity contribution in [2.45, 2.75) is 0 Å². The van der Waals surface area contributed by atoms with Gasteiger partial charge < -0.3 is 4.98 Å².